The van der Waals surface area contributed by atoms with Crippen LogP contribution in [0.1, 0.15) is 85.5 Å². The van der Waals surface area contributed by atoms with E-state index in [4.69, 9.17) is 14.2 Å². The topological polar surface area (TPSA) is 44.8 Å². The number of ether oxygens (including phenoxy) is 3. The summed E-state index contributed by atoms with van der Waals surface area (Å²) in [5, 5.41) is 0. The van der Waals surface area contributed by atoms with Gasteiger partial charge in [0.1, 0.15) is 6.10 Å². The standard InChI is InChI=1S/C25H40O4/c1-16(26)29-22-8-7-20-19-6-5-17-15-18(25(4)27-13-14-28-25)9-11-23(17,2)21(19)10-12-24(20,22)3/h17-22H,5-15H2,1-4H3/t17-,18-,19+,20-,21+,22-,23-,24-/m0/s1. The largest absolute Gasteiger partial charge is 0.462 e. The quantitative estimate of drug-likeness (QED) is 0.583. The summed E-state index contributed by atoms with van der Waals surface area (Å²) in [6, 6.07) is 0. The van der Waals surface area contributed by atoms with Gasteiger partial charge in [-0.25, -0.2) is 0 Å². The van der Waals surface area contributed by atoms with E-state index in [1.807, 2.05) is 0 Å². The van der Waals surface area contributed by atoms with E-state index in [2.05, 4.69) is 20.8 Å². The normalized spacial score (nSPS) is 51.0. The number of fused-ring (bicyclic) bond motifs is 5. The molecule has 1 heterocycles. The maximum absolute atomic E-state index is 11.7. The van der Waals surface area contributed by atoms with Gasteiger partial charge in [-0.05, 0) is 93.8 Å². The zero-order chi connectivity index (χ0) is 20.4. The van der Waals surface area contributed by atoms with Crippen molar-refractivity contribution >= 4 is 5.97 Å². The molecule has 4 nitrogen and oxygen atoms in total. The fourth-order valence-corrected chi connectivity index (χ4v) is 8.85. The lowest BCUT2D eigenvalue weighted by Crippen LogP contribution is -2.55. The van der Waals surface area contributed by atoms with Gasteiger partial charge in [-0.3, -0.25) is 4.79 Å². The molecular weight excluding hydrogens is 364 g/mol. The molecule has 0 aromatic rings. The summed E-state index contributed by atoms with van der Waals surface area (Å²) in [6.45, 7) is 10.3. The van der Waals surface area contributed by atoms with Crippen molar-refractivity contribution in [2.45, 2.75) is 97.4 Å². The Kier molecular flexibility index (Phi) is 4.87. The van der Waals surface area contributed by atoms with Crippen LogP contribution in [0.25, 0.3) is 0 Å². The molecule has 0 aromatic heterocycles. The molecule has 0 amide bonds. The highest BCUT2D eigenvalue weighted by Gasteiger charge is 2.61. The van der Waals surface area contributed by atoms with E-state index in [0.29, 0.717) is 11.3 Å². The van der Waals surface area contributed by atoms with Crippen molar-refractivity contribution in [3.8, 4) is 0 Å². The smallest absolute Gasteiger partial charge is 0.302 e. The Morgan fingerprint density at radius 3 is 2.24 bits per heavy atom. The van der Waals surface area contributed by atoms with E-state index >= 15 is 0 Å². The first-order valence-corrected chi connectivity index (χ1v) is 12.2. The van der Waals surface area contributed by atoms with Crippen LogP contribution >= 0.6 is 0 Å². The van der Waals surface area contributed by atoms with Gasteiger partial charge in [-0.15, -0.1) is 0 Å². The van der Waals surface area contributed by atoms with Gasteiger partial charge in [0, 0.05) is 18.3 Å². The summed E-state index contributed by atoms with van der Waals surface area (Å²) in [7, 11) is 0. The average Bonchev–Trinajstić information content (AvgIpc) is 3.25. The Bertz CT molecular complexity index is 655. The molecule has 4 aliphatic carbocycles. The molecule has 29 heavy (non-hydrogen) atoms. The molecule has 0 N–H and O–H groups in total. The molecule has 0 spiro atoms. The Morgan fingerprint density at radius 2 is 1.52 bits per heavy atom. The van der Waals surface area contributed by atoms with Crippen LogP contribution in [0.4, 0.5) is 0 Å². The van der Waals surface area contributed by atoms with Gasteiger partial charge in [0.2, 0.25) is 0 Å². The zero-order valence-corrected chi connectivity index (χ0v) is 18.9. The third-order valence-electron chi connectivity index (χ3n) is 10.5. The van der Waals surface area contributed by atoms with Gasteiger partial charge in [-0.2, -0.15) is 0 Å². The van der Waals surface area contributed by atoms with Crippen molar-refractivity contribution in [1.82, 2.24) is 0 Å². The molecule has 0 bridgehead atoms. The maximum Gasteiger partial charge on any atom is 0.302 e. The van der Waals surface area contributed by atoms with Gasteiger partial charge < -0.3 is 14.2 Å². The number of hydrogen-bond acceptors (Lipinski definition) is 4. The summed E-state index contributed by atoms with van der Waals surface area (Å²) in [5.41, 5.74) is 0.668. The molecule has 4 saturated carbocycles. The summed E-state index contributed by atoms with van der Waals surface area (Å²) >= 11 is 0. The minimum atomic E-state index is -0.341. The predicted octanol–water partition coefficient (Wildman–Crippen LogP) is 5.34. The first-order valence-electron chi connectivity index (χ1n) is 12.2. The fraction of sp³-hybridized carbons (Fsp3) is 0.960. The lowest BCUT2D eigenvalue weighted by molar-refractivity contribution is -0.211. The monoisotopic (exact) mass is 404 g/mol. The highest BCUT2D eigenvalue weighted by atomic mass is 16.7. The lowest BCUT2D eigenvalue weighted by Gasteiger charge is -2.61. The first kappa shape index (κ1) is 20.3. The molecule has 0 radical (unpaired) electrons. The van der Waals surface area contributed by atoms with Crippen LogP contribution in [-0.4, -0.2) is 31.1 Å². The second-order valence-electron chi connectivity index (χ2n) is 11.6. The molecule has 1 aliphatic heterocycles. The Balaban J connectivity index is 1.33. The summed E-state index contributed by atoms with van der Waals surface area (Å²) in [4.78, 5) is 11.7. The molecule has 0 unspecified atom stereocenters. The number of carbonyl (C=O) groups is 1. The molecule has 164 valence electrons. The molecule has 8 atom stereocenters. The Labute approximate surface area is 176 Å². The second kappa shape index (κ2) is 6.95. The van der Waals surface area contributed by atoms with Crippen LogP contribution in [0.2, 0.25) is 0 Å². The molecule has 5 fully saturated rings. The van der Waals surface area contributed by atoms with Crippen molar-refractivity contribution < 1.29 is 19.0 Å². The number of rotatable bonds is 2. The van der Waals surface area contributed by atoms with Crippen molar-refractivity contribution in [3.63, 3.8) is 0 Å². The fourth-order valence-electron chi connectivity index (χ4n) is 8.85. The number of esters is 1. The molecular formula is C25H40O4. The van der Waals surface area contributed by atoms with Crippen LogP contribution in [0.3, 0.4) is 0 Å². The van der Waals surface area contributed by atoms with E-state index in [0.717, 1.165) is 43.3 Å². The average molecular weight is 405 g/mol. The van der Waals surface area contributed by atoms with Gasteiger partial charge >= 0.3 is 5.97 Å². The van der Waals surface area contributed by atoms with Crippen LogP contribution in [-0.2, 0) is 19.0 Å². The highest BCUT2D eigenvalue weighted by Crippen LogP contribution is 2.67. The van der Waals surface area contributed by atoms with E-state index in [-0.39, 0.29) is 23.3 Å². The molecule has 0 aromatic carbocycles. The van der Waals surface area contributed by atoms with Crippen molar-refractivity contribution in [2.75, 3.05) is 13.2 Å². The summed E-state index contributed by atoms with van der Waals surface area (Å²) in [6.07, 6.45) is 11.6. The molecule has 5 rings (SSSR count). The van der Waals surface area contributed by atoms with Gasteiger partial charge in [0.15, 0.2) is 5.79 Å². The highest BCUT2D eigenvalue weighted by molar-refractivity contribution is 5.66. The second-order valence-corrected chi connectivity index (χ2v) is 11.6. The van der Waals surface area contributed by atoms with Crippen LogP contribution in [0.15, 0.2) is 0 Å². The number of hydrogen-bond donors (Lipinski definition) is 0. The minimum Gasteiger partial charge on any atom is -0.462 e. The Hall–Kier alpha value is -0.610. The third-order valence-corrected chi connectivity index (χ3v) is 10.5. The number of carbonyl (C=O) groups excluding carboxylic acids is 1. The van der Waals surface area contributed by atoms with E-state index in [9.17, 15) is 4.79 Å². The molecule has 4 heteroatoms. The van der Waals surface area contributed by atoms with Gasteiger partial charge in [-0.1, -0.05) is 13.8 Å². The summed E-state index contributed by atoms with van der Waals surface area (Å²) < 4.78 is 17.9. The predicted molar refractivity (Wildman–Crippen MR) is 111 cm³/mol. The van der Waals surface area contributed by atoms with Gasteiger partial charge in [0.05, 0.1) is 13.2 Å². The first-order chi connectivity index (χ1) is 13.8. The molecule has 1 saturated heterocycles. The summed E-state index contributed by atoms with van der Waals surface area (Å²) in [5.74, 6) is 3.32. The van der Waals surface area contributed by atoms with E-state index in [1.165, 1.54) is 51.4 Å². The third kappa shape index (κ3) is 3.03. The minimum absolute atomic E-state index is 0.0992. The van der Waals surface area contributed by atoms with Crippen LogP contribution < -0.4 is 0 Å². The van der Waals surface area contributed by atoms with E-state index in [1.54, 1.807) is 6.92 Å². The Morgan fingerprint density at radius 1 is 0.828 bits per heavy atom. The molecule has 5 aliphatic rings. The van der Waals surface area contributed by atoms with Crippen molar-refractivity contribution in [1.29, 1.82) is 0 Å². The van der Waals surface area contributed by atoms with Crippen LogP contribution in [0, 0.1) is 40.4 Å². The van der Waals surface area contributed by atoms with Gasteiger partial charge in [0.25, 0.3) is 0 Å². The van der Waals surface area contributed by atoms with E-state index < -0.39 is 0 Å². The lowest BCUT2D eigenvalue weighted by atomic mass is 9.44. The maximum atomic E-state index is 11.7. The zero-order valence-electron chi connectivity index (χ0n) is 18.9. The SMILES string of the molecule is CC(=O)O[C@H]1CC[C@H]2[C@H]3CC[C@H]4C[C@@H](C5(C)OCCO5)CC[C@]4(C)[C@@H]3CC[C@]12C. The van der Waals surface area contributed by atoms with Crippen LogP contribution in [0.5, 0.6) is 0 Å². The van der Waals surface area contributed by atoms with Crippen molar-refractivity contribution in [3.05, 3.63) is 0 Å². The van der Waals surface area contributed by atoms with Crippen molar-refractivity contribution in [2.24, 2.45) is 40.4 Å².